The van der Waals surface area contributed by atoms with Crippen LogP contribution in [0.1, 0.15) is 140 Å². The number of aryl methyl sites for hydroxylation is 1. The van der Waals surface area contributed by atoms with E-state index < -0.39 is 5.97 Å². The lowest BCUT2D eigenvalue weighted by molar-refractivity contribution is -0.137. The monoisotopic (exact) mass is 506 g/mol. The Bertz CT molecular complexity index is 701. The molecule has 0 atom stereocenters. The summed E-state index contributed by atoms with van der Waals surface area (Å²) in [6.07, 6.45) is 25.5. The lowest BCUT2D eigenvalue weighted by Gasteiger charge is -2.15. The minimum Gasteiger partial charge on any atom is -0.504 e. The number of methoxy groups -OCH3 is 2. The Morgan fingerprint density at radius 1 is 0.667 bits per heavy atom. The van der Waals surface area contributed by atoms with Gasteiger partial charge >= 0.3 is 5.97 Å². The Morgan fingerprint density at radius 3 is 1.42 bits per heavy atom. The third-order valence-corrected chi connectivity index (χ3v) is 7.29. The van der Waals surface area contributed by atoms with E-state index in [1.165, 1.54) is 103 Å². The molecule has 36 heavy (non-hydrogen) atoms. The minimum atomic E-state index is -0.664. The average molecular weight is 507 g/mol. The Morgan fingerprint density at radius 2 is 1.06 bits per heavy atom. The van der Waals surface area contributed by atoms with Crippen LogP contribution in [-0.2, 0) is 11.2 Å². The van der Waals surface area contributed by atoms with Gasteiger partial charge in [-0.1, -0.05) is 109 Å². The van der Waals surface area contributed by atoms with E-state index in [-0.39, 0.29) is 5.75 Å². The molecule has 0 aliphatic heterocycles. The van der Waals surface area contributed by atoms with Gasteiger partial charge in [-0.25, -0.2) is 0 Å². The topological polar surface area (TPSA) is 76.0 Å². The highest BCUT2D eigenvalue weighted by Gasteiger charge is 2.16. The number of phenols is 1. The van der Waals surface area contributed by atoms with Gasteiger partial charge in [-0.2, -0.15) is 0 Å². The number of unbranched alkanes of at least 4 members (excludes halogenated alkanes) is 18. The third-order valence-electron chi connectivity index (χ3n) is 7.29. The quantitative estimate of drug-likeness (QED) is 0.137. The smallest absolute Gasteiger partial charge is 0.303 e. The maximum Gasteiger partial charge on any atom is 0.303 e. The molecular formula is C31H54O5. The molecule has 0 unspecified atom stereocenters. The van der Waals surface area contributed by atoms with Crippen molar-refractivity contribution in [1.82, 2.24) is 0 Å². The second-order valence-electron chi connectivity index (χ2n) is 10.4. The highest BCUT2D eigenvalue weighted by molar-refractivity contribution is 5.66. The fourth-order valence-electron chi connectivity index (χ4n) is 5.04. The summed E-state index contributed by atoms with van der Waals surface area (Å²) in [5.41, 5.74) is 2.05. The average Bonchev–Trinajstić information content (AvgIpc) is 2.86. The summed E-state index contributed by atoms with van der Waals surface area (Å²) < 4.78 is 10.6. The number of hydrogen-bond acceptors (Lipinski definition) is 4. The highest BCUT2D eigenvalue weighted by Crippen LogP contribution is 2.41. The number of aromatic hydroxyl groups is 1. The number of benzene rings is 1. The standard InChI is InChI=1S/C31H54O5/c1-26-25-28(35-2)31(36-3)30(34)27(26)23-21-19-17-15-13-11-9-7-5-4-6-8-10-12-14-16-18-20-22-24-29(32)33/h25,34H,4-24H2,1-3H3,(H,32,33). The molecule has 0 bridgehead atoms. The van der Waals surface area contributed by atoms with E-state index in [4.69, 9.17) is 14.6 Å². The van der Waals surface area contributed by atoms with Crippen LogP contribution in [0.3, 0.4) is 0 Å². The van der Waals surface area contributed by atoms with Gasteiger partial charge in [0.15, 0.2) is 11.5 Å². The molecule has 0 fully saturated rings. The largest absolute Gasteiger partial charge is 0.504 e. The summed E-state index contributed by atoms with van der Waals surface area (Å²) >= 11 is 0. The number of aliphatic carboxylic acids is 1. The molecule has 0 saturated heterocycles. The summed E-state index contributed by atoms with van der Waals surface area (Å²) in [6.45, 7) is 2.02. The van der Waals surface area contributed by atoms with Gasteiger partial charge in [0.05, 0.1) is 14.2 Å². The predicted octanol–water partition coefficient (Wildman–Crippen LogP) is 9.15. The first-order valence-electron chi connectivity index (χ1n) is 14.7. The van der Waals surface area contributed by atoms with Crippen LogP contribution in [0.25, 0.3) is 0 Å². The maximum absolute atomic E-state index is 10.5. The fraction of sp³-hybridized carbons (Fsp3) is 0.774. The van der Waals surface area contributed by atoms with E-state index in [9.17, 15) is 9.90 Å². The molecule has 5 nitrogen and oxygen atoms in total. The molecule has 1 aromatic carbocycles. The minimum absolute atomic E-state index is 0.232. The van der Waals surface area contributed by atoms with Crippen LogP contribution >= 0.6 is 0 Å². The van der Waals surface area contributed by atoms with Crippen LogP contribution in [0.2, 0.25) is 0 Å². The van der Waals surface area contributed by atoms with Crippen LogP contribution in [-0.4, -0.2) is 30.4 Å². The predicted molar refractivity (Wildman–Crippen MR) is 150 cm³/mol. The third kappa shape index (κ3) is 14.6. The van der Waals surface area contributed by atoms with Crippen molar-refractivity contribution in [3.05, 3.63) is 17.2 Å². The summed E-state index contributed by atoms with van der Waals surface area (Å²) in [5, 5.41) is 19.2. The van der Waals surface area contributed by atoms with Crippen LogP contribution < -0.4 is 9.47 Å². The lowest BCUT2D eigenvalue weighted by Crippen LogP contribution is -1.98. The molecule has 0 aliphatic carbocycles. The van der Waals surface area contributed by atoms with E-state index in [2.05, 4.69) is 0 Å². The van der Waals surface area contributed by atoms with Crippen molar-refractivity contribution in [3.8, 4) is 17.2 Å². The van der Waals surface area contributed by atoms with Gasteiger partial charge in [0, 0.05) is 12.0 Å². The van der Waals surface area contributed by atoms with Crippen LogP contribution in [0.5, 0.6) is 17.2 Å². The number of ether oxygens (including phenoxy) is 2. The molecule has 0 aliphatic rings. The van der Waals surface area contributed by atoms with Crippen molar-refractivity contribution in [2.75, 3.05) is 14.2 Å². The van der Waals surface area contributed by atoms with Crippen molar-refractivity contribution < 1.29 is 24.5 Å². The van der Waals surface area contributed by atoms with E-state index in [0.717, 1.165) is 36.8 Å². The first-order valence-corrected chi connectivity index (χ1v) is 14.7. The van der Waals surface area contributed by atoms with E-state index in [1.54, 1.807) is 14.2 Å². The van der Waals surface area contributed by atoms with Gasteiger partial charge < -0.3 is 19.7 Å². The number of carboxylic acid groups (broad SMARTS) is 1. The zero-order chi connectivity index (χ0) is 26.4. The molecular weight excluding hydrogens is 452 g/mol. The molecule has 0 radical (unpaired) electrons. The van der Waals surface area contributed by atoms with Crippen LogP contribution in [0.15, 0.2) is 6.07 Å². The molecule has 2 N–H and O–H groups in total. The Balaban J connectivity index is 1.88. The molecule has 0 aromatic heterocycles. The van der Waals surface area contributed by atoms with Crippen molar-refractivity contribution >= 4 is 5.97 Å². The second-order valence-corrected chi connectivity index (χ2v) is 10.4. The molecule has 1 aromatic rings. The number of rotatable bonds is 24. The summed E-state index contributed by atoms with van der Waals surface area (Å²) in [5.74, 6) is 0.598. The summed E-state index contributed by atoms with van der Waals surface area (Å²) in [4.78, 5) is 10.5. The highest BCUT2D eigenvalue weighted by atomic mass is 16.5. The molecule has 0 spiro atoms. The van der Waals surface area contributed by atoms with Gasteiger partial charge in [-0.05, 0) is 37.8 Å². The molecule has 0 heterocycles. The van der Waals surface area contributed by atoms with Crippen molar-refractivity contribution in [1.29, 1.82) is 0 Å². The maximum atomic E-state index is 10.5. The van der Waals surface area contributed by atoms with E-state index in [0.29, 0.717) is 17.9 Å². The Hall–Kier alpha value is -1.91. The van der Waals surface area contributed by atoms with Crippen LogP contribution in [0.4, 0.5) is 0 Å². The number of phenolic OH excluding ortho intramolecular Hbond substituents is 1. The number of carboxylic acids is 1. The molecule has 5 heteroatoms. The zero-order valence-electron chi connectivity index (χ0n) is 23.5. The van der Waals surface area contributed by atoms with Gasteiger partial charge in [-0.15, -0.1) is 0 Å². The first kappa shape index (κ1) is 32.1. The van der Waals surface area contributed by atoms with E-state index in [1.807, 2.05) is 13.0 Å². The Kier molecular flexibility index (Phi) is 18.9. The first-order chi connectivity index (χ1) is 17.5. The number of carbonyl (C=O) groups is 1. The molecule has 208 valence electrons. The SMILES string of the molecule is COc1cc(C)c(CCCCCCCCCCCCCCCCCCCCCC(=O)O)c(O)c1OC. The molecule has 1 rings (SSSR count). The summed E-state index contributed by atoms with van der Waals surface area (Å²) in [7, 11) is 3.16. The Labute approximate surface area is 221 Å². The van der Waals surface area contributed by atoms with Crippen molar-refractivity contribution in [2.45, 2.75) is 142 Å². The van der Waals surface area contributed by atoms with Crippen molar-refractivity contribution in [3.63, 3.8) is 0 Å². The molecule has 0 saturated carbocycles. The van der Waals surface area contributed by atoms with Gasteiger partial charge in [0.2, 0.25) is 5.75 Å². The van der Waals surface area contributed by atoms with Gasteiger partial charge in [0.1, 0.15) is 0 Å². The normalized spacial score (nSPS) is 11.1. The second kappa shape index (κ2) is 21.2. The fourth-order valence-corrected chi connectivity index (χ4v) is 5.04. The van der Waals surface area contributed by atoms with Crippen LogP contribution in [0, 0.1) is 6.92 Å². The zero-order valence-corrected chi connectivity index (χ0v) is 23.5. The van der Waals surface area contributed by atoms with Crippen molar-refractivity contribution in [2.24, 2.45) is 0 Å². The van der Waals surface area contributed by atoms with Gasteiger partial charge in [0.25, 0.3) is 0 Å². The van der Waals surface area contributed by atoms with Gasteiger partial charge in [-0.3, -0.25) is 4.79 Å². The van der Waals surface area contributed by atoms with E-state index >= 15 is 0 Å². The lowest BCUT2D eigenvalue weighted by atomic mass is 9.99. The molecule has 0 amide bonds. The number of hydrogen-bond donors (Lipinski definition) is 2. The summed E-state index contributed by atoms with van der Waals surface area (Å²) in [6, 6.07) is 1.95.